The number of nitrogens with zero attached hydrogens (tertiary/aromatic N) is 2. The highest BCUT2D eigenvalue weighted by Crippen LogP contribution is 2.38. The predicted octanol–water partition coefficient (Wildman–Crippen LogP) is 5.52. The first-order valence-electron chi connectivity index (χ1n) is 11.3. The third kappa shape index (κ3) is 4.29. The monoisotopic (exact) mass is 480 g/mol. The topological polar surface area (TPSA) is 66.8 Å². The number of sulfone groups is 1. The smallest absolute Gasteiger partial charge is 0.202 e. The number of rotatable bonds is 6. The Kier molecular flexibility index (Phi) is 6.05. The Morgan fingerprint density at radius 1 is 0.743 bits per heavy atom. The highest BCUT2D eigenvalue weighted by molar-refractivity contribution is 7.92. The van der Waals surface area contributed by atoms with Crippen molar-refractivity contribution in [2.45, 2.75) is 17.2 Å². The summed E-state index contributed by atoms with van der Waals surface area (Å²) in [4.78, 5) is 14.1. The van der Waals surface area contributed by atoms with Crippen LogP contribution in [-0.2, 0) is 9.84 Å². The lowest BCUT2D eigenvalue weighted by Crippen LogP contribution is -2.44. The van der Waals surface area contributed by atoms with Crippen LogP contribution in [0.3, 0.4) is 0 Å². The van der Waals surface area contributed by atoms with E-state index in [9.17, 15) is 13.2 Å². The predicted molar refractivity (Wildman–Crippen MR) is 138 cm³/mol. The molecule has 0 saturated carbocycles. The zero-order valence-corrected chi connectivity index (χ0v) is 20.0. The van der Waals surface area contributed by atoms with Crippen LogP contribution in [0.5, 0.6) is 0 Å². The van der Waals surface area contributed by atoms with Crippen LogP contribution in [0.1, 0.15) is 21.5 Å². The number of carbonyl (C=O) groups is 1. The fourth-order valence-corrected chi connectivity index (χ4v) is 6.19. The van der Waals surface area contributed by atoms with E-state index in [1.165, 1.54) is 5.01 Å². The van der Waals surface area contributed by atoms with E-state index in [0.29, 0.717) is 22.5 Å². The molecule has 2 atom stereocenters. The quantitative estimate of drug-likeness (QED) is 0.341. The van der Waals surface area contributed by atoms with Crippen LogP contribution >= 0.6 is 0 Å². The van der Waals surface area contributed by atoms with E-state index in [2.05, 4.69) is 0 Å². The van der Waals surface area contributed by atoms with Crippen molar-refractivity contribution in [2.75, 3.05) is 5.01 Å². The second-order valence-electron chi connectivity index (χ2n) is 8.49. The Morgan fingerprint density at radius 3 is 1.89 bits per heavy atom. The first-order valence-corrected chi connectivity index (χ1v) is 12.9. The van der Waals surface area contributed by atoms with Crippen molar-refractivity contribution in [3.05, 3.63) is 132 Å². The van der Waals surface area contributed by atoms with E-state index < -0.39 is 21.1 Å². The van der Waals surface area contributed by atoms with Gasteiger partial charge in [-0.1, -0.05) is 96.6 Å². The van der Waals surface area contributed by atoms with Crippen molar-refractivity contribution in [1.82, 2.24) is 0 Å². The highest BCUT2D eigenvalue weighted by Gasteiger charge is 2.50. The average Bonchev–Trinajstić information content (AvgIpc) is 3.32. The maximum atomic E-state index is 14.2. The van der Waals surface area contributed by atoms with Gasteiger partial charge in [-0.25, -0.2) is 13.4 Å². The molecule has 5 nitrogen and oxygen atoms in total. The SMILES string of the molecule is Cc1ccc(S(=O)(=O)C2C(C(=O)c3ccccc3)C(c3ccccc3)=NN2c2ccccc2)cc1. The number of aryl methyl sites for hydroxylation is 1. The molecule has 0 aromatic heterocycles. The van der Waals surface area contributed by atoms with Gasteiger partial charge in [0, 0.05) is 5.56 Å². The van der Waals surface area contributed by atoms with Crippen LogP contribution in [0.4, 0.5) is 5.69 Å². The van der Waals surface area contributed by atoms with Gasteiger partial charge in [0.05, 0.1) is 16.3 Å². The molecule has 1 aliphatic rings. The number of hydrogen-bond acceptors (Lipinski definition) is 5. The molecule has 4 aromatic rings. The van der Waals surface area contributed by atoms with Gasteiger partial charge in [-0.2, -0.15) is 5.10 Å². The largest absolute Gasteiger partial charge is 0.293 e. The summed E-state index contributed by atoms with van der Waals surface area (Å²) in [6.45, 7) is 1.90. The summed E-state index contributed by atoms with van der Waals surface area (Å²) in [5.74, 6) is -1.31. The van der Waals surface area contributed by atoms with Crippen molar-refractivity contribution in [2.24, 2.45) is 11.0 Å². The first-order chi connectivity index (χ1) is 17.0. The molecular weight excluding hydrogens is 456 g/mol. The molecule has 2 unspecified atom stereocenters. The molecule has 1 heterocycles. The minimum absolute atomic E-state index is 0.157. The maximum Gasteiger partial charge on any atom is 0.202 e. The second-order valence-corrected chi connectivity index (χ2v) is 10.5. The van der Waals surface area contributed by atoms with Gasteiger partial charge in [0.25, 0.3) is 0 Å². The molecule has 0 amide bonds. The number of hydrogen-bond donors (Lipinski definition) is 0. The molecule has 35 heavy (non-hydrogen) atoms. The Morgan fingerprint density at radius 2 is 1.29 bits per heavy atom. The Bertz CT molecular complexity index is 1470. The zero-order chi connectivity index (χ0) is 24.4. The normalized spacial score (nSPS) is 17.7. The summed E-state index contributed by atoms with van der Waals surface area (Å²) in [6, 6.07) is 34.0. The molecule has 0 aliphatic carbocycles. The molecule has 0 bridgehead atoms. The molecule has 0 radical (unpaired) electrons. The summed E-state index contributed by atoms with van der Waals surface area (Å²) >= 11 is 0. The Hall–Kier alpha value is -4.03. The number of Topliss-reactive ketones (excluding diaryl/α,β-unsaturated/α-hetero) is 1. The van der Waals surface area contributed by atoms with Gasteiger partial charge in [-0.05, 0) is 36.8 Å². The van der Waals surface area contributed by atoms with Crippen LogP contribution < -0.4 is 5.01 Å². The third-order valence-electron chi connectivity index (χ3n) is 6.13. The van der Waals surface area contributed by atoms with Gasteiger partial charge in [-0.3, -0.25) is 4.79 Å². The van der Waals surface area contributed by atoms with Crippen LogP contribution in [0, 0.1) is 12.8 Å². The molecular formula is C29H24N2O3S. The lowest BCUT2D eigenvalue weighted by molar-refractivity contribution is 0.0954. The van der Waals surface area contributed by atoms with Crippen molar-refractivity contribution >= 4 is 27.0 Å². The van der Waals surface area contributed by atoms with E-state index in [1.807, 2.05) is 61.5 Å². The fourth-order valence-electron chi connectivity index (χ4n) is 4.36. The van der Waals surface area contributed by atoms with E-state index in [4.69, 9.17) is 5.10 Å². The Labute approximate surface area is 205 Å². The number of ketones is 1. The summed E-state index contributed by atoms with van der Waals surface area (Å²) in [5, 5.41) is 5.05. The highest BCUT2D eigenvalue weighted by atomic mass is 32.2. The summed E-state index contributed by atoms with van der Waals surface area (Å²) in [5.41, 5.74) is 3.15. The van der Waals surface area contributed by atoms with E-state index in [1.54, 1.807) is 60.7 Å². The molecule has 0 N–H and O–H groups in total. The van der Waals surface area contributed by atoms with Gasteiger partial charge in [0.15, 0.2) is 11.2 Å². The average molecular weight is 481 g/mol. The summed E-state index contributed by atoms with van der Waals surface area (Å²) in [6.07, 6.45) is 0. The molecule has 1 aliphatic heterocycles. The minimum atomic E-state index is -4.01. The standard InChI is InChI=1S/C29H24N2O3S/c1-21-17-19-25(20-18-21)35(33,34)29-26(28(32)23-13-7-3-8-14-23)27(22-11-5-2-6-12-22)30-31(29)24-15-9-4-10-16-24/h2-20,26,29H,1H3. The first kappa shape index (κ1) is 22.7. The molecule has 0 spiro atoms. The summed E-state index contributed by atoms with van der Waals surface area (Å²) in [7, 11) is -4.01. The minimum Gasteiger partial charge on any atom is -0.293 e. The number of benzene rings is 4. The maximum absolute atomic E-state index is 14.2. The fraction of sp³-hybridized carbons (Fsp3) is 0.103. The number of hydrazone groups is 1. The number of carbonyl (C=O) groups excluding carboxylic acids is 1. The van der Waals surface area contributed by atoms with Crippen LogP contribution in [0.15, 0.2) is 125 Å². The molecule has 6 heteroatoms. The number of anilines is 1. The zero-order valence-electron chi connectivity index (χ0n) is 19.2. The lowest BCUT2D eigenvalue weighted by Gasteiger charge is -2.27. The van der Waals surface area contributed by atoms with E-state index >= 15 is 0 Å². The molecule has 174 valence electrons. The number of para-hydroxylation sites is 1. The second kappa shape index (κ2) is 9.31. The molecule has 0 fully saturated rings. The van der Waals surface area contributed by atoms with E-state index in [0.717, 1.165) is 5.56 Å². The van der Waals surface area contributed by atoms with Gasteiger partial charge >= 0.3 is 0 Å². The van der Waals surface area contributed by atoms with Crippen molar-refractivity contribution in [3.8, 4) is 0 Å². The van der Waals surface area contributed by atoms with E-state index in [-0.39, 0.29) is 10.7 Å². The van der Waals surface area contributed by atoms with Crippen molar-refractivity contribution in [3.63, 3.8) is 0 Å². The Balaban J connectivity index is 1.74. The van der Waals surface area contributed by atoms with Crippen LogP contribution in [-0.4, -0.2) is 25.3 Å². The van der Waals surface area contributed by atoms with Crippen molar-refractivity contribution in [1.29, 1.82) is 0 Å². The van der Waals surface area contributed by atoms with Gasteiger partial charge in [0.1, 0.15) is 5.92 Å². The third-order valence-corrected chi connectivity index (χ3v) is 8.17. The molecule has 0 saturated heterocycles. The van der Waals surface area contributed by atoms with Crippen molar-refractivity contribution < 1.29 is 13.2 Å². The molecule has 5 rings (SSSR count). The van der Waals surface area contributed by atoms with Gasteiger partial charge in [-0.15, -0.1) is 0 Å². The summed E-state index contributed by atoms with van der Waals surface area (Å²) < 4.78 is 28.4. The lowest BCUT2D eigenvalue weighted by atomic mass is 9.89. The molecule has 4 aromatic carbocycles. The van der Waals surface area contributed by atoms with Gasteiger partial charge < -0.3 is 0 Å². The van der Waals surface area contributed by atoms with Gasteiger partial charge in [0.2, 0.25) is 9.84 Å². The van der Waals surface area contributed by atoms with Crippen LogP contribution in [0.25, 0.3) is 0 Å². The van der Waals surface area contributed by atoms with Crippen LogP contribution in [0.2, 0.25) is 0 Å².